The fourth-order valence-electron chi connectivity index (χ4n) is 2.76. The van der Waals surface area contributed by atoms with Crippen molar-refractivity contribution in [3.8, 4) is 5.75 Å². The second kappa shape index (κ2) is 7.51. The standard InChI is InChI=1S/C19H18F2N2O3/c1-12(26-13-8-9-14(20)15(21)11-13)19(25)22-16-5-2-3-6-17(16)23-10-4-7-18(23)24/h2-3,5-6,8-9,11-12H,4,7,10H2,1H3,(H,22,25). The SMILES string of the molecule is CC(Oc1ccc(F)c(F)c1)C(=O)Nc1ccccc1N1CCCC1=O. The molecular formula is C19H18F2N2O3. The third kappa shape index (κ3) is 3.82. The number of hydrogen-bond acceptors (Lipinski definition) is 3. The summed E-state index contributed by atoms with van der Waals surface area (Å²) >= 11 is 0. The number of benzene rings is 2. The van der Waals surface area contributed by atoms with Crippen molar-refractivity contribution < 1.29 is 23.1 Å². The van der Waals surface area contributed by atoms with Crippen LogP contribution >= 0.6 is 0 Å². The lowest BCUT2D eigenvalue weighted by molar-refractivity contribution is -0.122. The molecule has 2 amide bonds. The van der Waals surface area contributed by atoms with E-state index in [2.05, 4.69) is 5.32 Å². The first-order valence-electron chi connectivity index (χ1n) is 8.27. The number of nitrogens with zero attached hydrogens (tertiary/aromatic N) is 1. The number of carbonyl (C=O) groups is 2. The van der Waals surface area contributed by atoms with E-state index in [-0.39, 0.29) is 11.7 Å². The lowest BCUT2D eigenvalue weighted by atomic mass is 10.2. The second-order valence-electron chi connectivity index (χ2n) is 5.99. The zero-order valence-corrected chi connectivity index (χ0v) is 14.2. The smallest absolute Gasteiger partial charge is 0.265 e. The van der Waals surface area contributed by atoms with E-state index in [0.717, 1.165) is 18.6 Å². The number of rotatable bonds is 5. The lowest BCUT2D eigenvalue weighted by Gasteiger charge is -2.21. The molecule has 2 aromatic rings. The summed E-state index contributed by atoms with van der Waals surface area (Å²) in [6, 6.07) is 10.1. The molecule has 0 bridgehead atoms. The molecular weight excluding hydrogens is 342 g/mol. The van der Waals surface area contributed by atoms with Crippen molar-refractivity contribution in [2.75, 3.05) is 16.8 Å². The molecule has 1 fully saturated rings. The van der Waals surface area contributed by atoms with Gasteiger partial charge in [0.25, 0.3) is 5.91 Å². The number of ether oxygens (including phenoxy) is 1. The van der Waals surface area contributed by atoms with E-state index >= 15 is 0 Å². The fourth-order valence-corrected chi connectivity index (χ4v) is 2.76. The van der Waals surface area contributed by atoms with Crippen LogP contribution in [0.2, 0.25) is 0 Å². The Hall–Kier alpha value is -2.96. The maximum Gasteiger partial charge on any atom is 0.265 e. The van der Waals surface area contributed by atoms with Gasteiger partial charge >= 0.3 is 0 Å². The number of carbonyl (C=O) groups excluding carboxylic acids is 2. The molecule has 7 heteroatoms. The molecule has 1 N–H and O–H groups in total. The van der Waals surface area contributed by atoms with Crippen LogP contribution in [0, 0.1) is 11.6 Å². The molecule has 3 rings (SSSR count). The molecule has 1 aliphatic rings. The monoisotopic (exact) mass is 360 g/mol. The Labute approximate surface area is 149 Å². The molecule has 1 aliphatic heterocycles. The van der Waals surface area contributed by atoms with Crippen LogP contribution in [0.5, 0.6) is 5.75 Å². The summed E-state index contributed by atoms with van der Waals surface area (Å²) < 4.78 is 31.6. The number of anilines is 2. The molecule has 0 aliphatic carbocycles. The molecule has 0 aromatic heterocycles. The minimum absolute atomic E-state index is 0.0118. The van der Waals surface area contributed by atoms with E-state index in [9.17, 15) is 18.4 Å². The van der Waals surface area contributed by atoms with Crippen molar-refractivity contribution in [1.29, 1.82) is 0 Å². The summed E-state index contributed by atoms with van der Waals surface area (Å²) in [5, 5.41) is 2.73. The van der Waals surface area contributed by atoms with Gasteiger partial charge in [-0.1, -0.05) is 12.1 Å². The Bertz CT molecular complexity index is 841. The first-order chi connectivity index (χ1) is 12.5. The second-order valence-corrected chi connectivity index (χ2v) is 5.99. The quantitative estimate of drug-likeness (QED) is 0.888. The van der Waals surface area contributed by atoms with E-state index < -0.39 is 23.6 Å². The topological polar surface area (TPSA) is 58.6 Å². The van der Waals surface area contributed by atoms with Gasteiger partial charge in [-0.2, -0.15) is 0 Å². The fraction of sp³-hybridized carbons (Fsp3) is 0.263. The van der Waals surface area contributed by atoms with Gasteiger partial charge in [-0.15, -0.1) is 0 Å². The Morgan fingerprint density at radius 3 is 2.65 bits per heavy atom. The van der Waals surface area contributed by atoms with E-state index in [1.165, 1.54) is 13.0 Å². The Balaban J connectivity index is 1.71. The van der Waals surface area contributed by atoms with Crippen molar-refractivity contribution in [1.82, 2.24) is 0 Å². The van der Waals surface area contributed by atoms with Crippen LogP contribution in [0.1, 0.15) is 19.8 Å². The molecule has 26 heavy (non-hydrogen) atoms. The van der Waals surface area contributed by atoms with Crippen LogP contribution in [-0.2, 0) is 9.59 Å². The van der Waals surface area contributed by atoms with E-state index in [1.54, 1.807) is 29.2 Å². The van der Waals surface area contributed by atoms with Crippen LogP contribution < -0.4 is 15.0 Å². The van der Waals surface area contributed by atoms with Crippen molar-refractivity contribution in [2.24, 2.45) is 0 Å². The van der Waals surface area contributed by atoms with E-state index in [1.807, 2.05) is 0 Å². The summed E-state index contributed by atoms with van der Waals surface area (Å²) in [4.78, 5) is 26.0. The van der Waals surface area contributed by atoms with Gasteiger partial charge in [0.05, 0.1) is 11.4 Å². The first-order valence-corrected chi connectivity index (χ1v) is 8.27. The van der Waals surface area contributed by atoms with Gasteiger partial charge in [0.1, 0.15) is 5.75 Å². The molecule has 1 heterocycles. The molecule has 1 atom stereocenters. The maximum atomic E-state index is 13.2. The predicted molar refractivity (Wildman–Crippen MR) is 93.1 cm³/mol. The van der Waals surface area contributed by atoms with Gasteiger partial charge in [-0.05, 0) is 37.6 Å². The van der Waals surface area contributed by atoms with Crippen LogP contribution in [0.15, 0.2) is 42.5 Å². The van der Waals surface area contributed by atoms with Gasteiger partial charge in [0.2, 0.25) is 5.91 Å². The van der Waals surface area contributed by atoms with Crippen molar-refractivity contribution >= 4 is 23.2 Å². The zero-order chi connectivity index (χ0) is 18.7. The number of halogens is 2. The summed E-state index contributed by atoms with van der Waals surface area (Å²) in [6.07, 6.45) is 0.316. The highest BCUT2D eigenvalue weighted by Crippen LogP contribution is 2.29. The molecule has 1 unspecified atom stereocenters. The summed E-state index contributed by atoms with van der Waals surface area (Å²) in [5.74, 6) is -2.44. The maximum absolute atomic E-state index is 13.2. The third-order valence-electron chi connectivity index (χ3n) is 4.10. The molecule has 1 saturated heterocycles. The zero-order valence-electron chi connectivity index (χ0n) is 14.2. The van der Waals surface area contributed by atoms with Gasteiger partial charge in [-0.3, -0.25) is 9.59 Å². The Kier molecular flexibility index (Phi) is 5.16. The molecule has 0 spiro atoms. The van der Waals surface area contributed by atoms with Gasteiger partial charge in [0, 0.05) is 19.0 Å². The van der Waals surface area contributed by atoms with Crippen molar-refractivity contribution in [3.63, 3.8) is 0 Å². The van der Waals surface area contributed by atoms with Gasteiger partial charge in [-0.25, -0.2) is 8.78 Å². The van der Waals surface area contributed by atoms with Crippen LogP contribution in [-0.4, -0.2) is 24.5 Å². The molecule has 2 aromatic carbocycles. The highest BCUT2D eigenvalue weighted by Gasteiger charge is 2.25. The first kappa shape index (κ1) is 17.8. The molecule has 5 nitrogen and oxygen atoms in total. The third-order valence-corrected chi connectivity index (χ3v) is 4.10. The number of nitrogens with one attached hydrogen (secondary N) is 1. The van der Waals surface area contributed by atoms with Gasteiger partial charge in [0.15, 0.2) is 17.7 Å². The number of hydrogen-bond donors (Lipinski definition) is 1. The minimum Gasteiger partial charge on any atom is -0.481 e. The summed E-state index contributed by atoms with van der Waals surface area (Å²) in [6.45, 7) is 2.10. The largest absolute Gasteiger partial charge is 0.481 e. The minimum atomic E-state index is -1.05. The average Bonchev–Trinajstić information content (AvgIpc) is 3.04. The Morgan fingerprint density at radius 2 is 1.96 bits per heavy atom. The van der Waals surface area contributed by atoms with E-state index in [0.29, 0.717) is 24.3 Å². The van der Waals surface area contributed by atoms with Crippen LogP contribution in [0.3, 0.4) is 0 Å². The van der Waals surface area contributed by atoms with Crippen molar-refractivity contribution in [2.45, 2.75) is 25.9 Å². The van der Waals surface area contributed by atoms with Crippen LogP contribution in [0.25, 0.3) is 0 Å². The van der Waals surface area contributed by atoms with E-state index in [4.69, 9.17) is 4.74 Å². The molecule has 0 radical (unpaired) electrons. The number of para-hydroxylation sites is 2. The highest BCUT2D eigenvalue weighted by atomic mass is 19.2. The predicted octanol–water partition coefficient (Wildman–Crippen LogP) is 3.50. The van der Waals surface area contributed by atoms with Gasteiger partial charge < -0.3 is 15.0 Å². The molecule has 0 saturated carbocycles. The lowest BCUT2D eigenvalue weighted by Crippen LogP contribution is -2.31. The normalized spacial score (nSPS) is 15.0. The summed E-state index contributed by atoms with van der Waals surface area (Å²) in [7, 11) is 0. The highest BCUT2D eigenvalue weighted by molar-refractivity contribution is 6.03. The Morgan fingerprint density at radius 1 is 1.19 bits per heavy atom. The molecule has 136 valence electrons. The average molecular weight is 360 g/mol. The number of amides is 2. The van der Waals surface area contributed by atoms with Crippen molar-refractivity contribution in [3.05, 3.63) is 54.1 Å². The van der Waals surface area contributed by atoms with Crippen LogP contribution in [0.4, 0.5) is 20.2 Å². The summed E-state index contributed by atoms with van der Waals surface area (Å²) in [5.41, 5.74) is 1.12.